The van der Waals surface area contributed by atoms with Gasteiger partial charge in [-0.15, -0.1) is 0 Å². The number of carbonyl (C=O) groups excluding carboxylic acids is 1. The van der Waals surface area contributed by atoms with Crippen molar-refractivity contribution < 1.29 is 31.5 Å². The Hall–Kier alpha value is -2.30. The van der Waals surface area contributed by atoms with Crippen molar-refractivity contribution in [1.29, 1.82) is 0 Å². The number of nitrogens with one attached hydrogen (secondary N) is 1. The van der Waals surface area contributed by atoms with Gasteiger partial charge in [0.2, 0.25) is 12.1 Å². The fourth-order valence-electron chi connectivity index (χ4n) is 3.40. The Balaban J connectivity index is 1.78. The fourth-order valence-corrected chi connectivity index (χ4v) is 4.99. The van der Waals surface area contributed by atoms with Gasteiger partial charge in [-0.3, -0.25) is 4.79 Å². The van der Waals surface area contributed by atoms with E-state index in [0.29, 0.717) is 23.0 Å². The first-order valence-corrected chi connectivity index (χ1v) is 10.9. The Morgan fingerprint density at radius 2 is 2.00 bits per heavy atom. The molecule has 2 aromatic rings. The summed E-state index contributed by atoms with van der Waals surface area (Å²) < 4.78 is 62.3. The number of alkyl halides is 2. The Bertz CT molecular complexity index is 1040. The van der Waals surface area contributed by atoms with Crippen LogP contribution in [-0.4, -0.2) is 49.9 Å². The van der Waals surface area contributed by atoms with E-state index in [4.69, 9.17) is 4.74 Å². The van der Waals surface area contributed by atoms with Crippen LogP contribution >= 0.6 is 0 Å². The van der Waals surface area contributed by atoms with Gasteiger partial charge in [0, 0.05) is 20.1 Å². The van der Waals surface area contributed by atoms with Gasteiger partial charge in [0.25, 0.3) is 10.0 Å². The number of carbonyl (C=O) groups is 1. The van der Waals surface area contributed by atoms with Gasteiger partial charge in [-0.1, -0.05) is 31.2 Å². The van der Waals surface area contributed by atoms with E-state index in [1.54, 1.807) is 19.1 Å². The van der Waals surface area contributed by atoms with E-state index < -0.39 is 27.5 Å². The second-order valence-corrected chi connectivity index (χ2v) is 8.99. The van der Waals surface area contributed by atoms with E-state index in [2.05, 4.69) is 10.1 Å². The van der Waals surface area contributed by atoms with E-state index in [0.717, 1.165) is 23.4 Å². The molecule has 30 heavy (non-hydrogen) atoms. The summed E-state index contributed by atoms with van der Waals surface area (Å²) in [5, 5.41) is 0.685. The molecule has 1 N–H and O–H groups in total. The number of hydrogen-bond acceptors (Lipinski definition) is 5. The minimum atomic E-state index is -4.78. The van der Waals surface area contributed by atoms with E-state index >= 15 is 0 Å². The molecule has 0 radical (unpaired) electrons. The van der Waals surface area contributed by atoms with Crippen LogP contribution in [0.15, 0.2) is 36.4 Å². The zero-order valence-corrected chi connectivity index (χ0v) is 17.7. The average Bonchev–Trinajstić information content (AvgIpc) is 2.73. The predicted octanol–water partition coefficient (Wildman–Crippen LogP) is 2.84. The molecule has 1 aliphatic heterocycles. The maximum atomic E-state index is 13.7. The standard InChI is InChI=1S/C20H24F2N2O5S/c1-4-18(25)23-11-15-10-16(9-14-7-5-6-8-17(14)15)29-12-13(2)24-19(28-3)20(21,22)30(24,26)27/h5-10,13,19H,4,11-12H2,1-3H3,(H,23,25)/t13-,19?/m0/s1. The van der Waals surface area contributed by atoms with Crippen LogP contribution in [-0.2, 0) is 26.1 Å². The molecular formula is C20H24F2N2O5S. The summed E-state index contributed by atoms with van der Waals surface area (Å²) in [7, 11) is -3.75. The van der Waals surface area contributed by atoms with Gasteiger partial charge in [-0.05, 0) is 35.4 Å². The average molecular weight is 442 g/mol. The van der Waals surface area contributed by atoms with Gasteiger partial charge in [0.15, 0.2) is 0 Å². The van der Waals surface area contributed by atoms with E-state index in [1.807, 2.05) is 24.3 Å². The molecule has 1 unspecified atom stereocenters. The van der Waals surface area contributed by atoms with Gasteiger partial charge in [-0.25, -0.2) is 8.42 Å². The third-order valence-corrected chi connectivity index (χ3v) is 7.00. The van der Waals surface area contributed by atoms with E-state index in [1.165, 1.54) is 6.92 Å². The highest BCUT2D eigenvalue weighted by Crippen LogP contribution is 2.45. The lowest BCUT2D eigenvalue weighted by Gasteiger charge is -2.47. The Kier molecular flexibility index (Phi) is 6.30. The molecule has 0 aromatic heterocycles. The van der Waals surface area contributed by atoms with Crippen LogP contribution in [0.4, 0.5) is 8.78 Å². The highest BCUT2D eigenvalue weighted by Gasteiger charge is 2.71. The van der Waals surface area contributed by atoms with Crippen molar-refractivity contribution >= 4 is 26.7 Å². The van der Waals surface area contributed by atoms with Gasteiger partial charge in [0.1, 0.15) is 12.4 Å². The zero-order valence-electron chi connectivity index (χ0n) is 16.9. The largest absolute Gasteiger partial charge is 0.492 e. The van der Waals surface area contributed by atoms with Crippen LogP contribution in [0.1, 0.15) is 25.8 Å². The fraction of sp³-hybridized carbons (Fsp3) is 0.450. The lowest BCUT2D eigenvalue weighted by Crippen LogP contribution is -2.72. The molecule has 1 aliphatic rings. The van der Waals surface area contributed by atoms with Crippen molar-refractivity contribution in [3.05, 3.63) is 42.0 Å². The molecule has 3 rings (SSSR count). The summed E-state index contributed by atoms with van der Waals surface area (Å²) in [6.07, 6.45) is -1.49. The molecule has 1 saturated heterocycles. The molecule has 164 valence electrons. The zero-order chi connectivity index (χ0) is 22.1. The smallest absolute Gasteiger partial charge is 0.398 e. The van der Waals surface area contributed by atoms with Crippen LogP contribution in [0.25, 0.3) is 10.8 Å². The number of nitrogens with zero attached hydrogens (tertiary/aromatic N) is 1. The van der Waals surface area contributed by atoms with Gasteiger partial charge in [-0.2, -0.15) is 13.1 Å². The molecule has 7 nitrogen and oxygen atoms in total. The molecular weight excluding hydrogens is 418 g/mol. The maximum absolute atomic E-state index is 13.7. The van der Waals surface area contributed by atoms with Gasteiger partial charge in [0.05, 0.1) is 6.04 Å². The number of sulfonamides is 1. The second-order valence-electron chi connectivity index (χ2n) is 7.08. The summed E-state index contributed by atoms with van der Waals surface area (Å²) in [4.78, 5) is 11.6. The number of ether oxygens (including phenoxy) is 2. The first kappa shape index (κ1) is 22.4. The number of halogens is 2. The first-order valence-electron chi connectivity index (χ1n) is 9.48. The third-order valence-electron chi connectivity index (χ3n) is 5.01. The molecule has 1 heterocycles. The van der Waals surface area contributed by atoms with Crippen molar-refractivity contribution in [2.45, 2.75) is 44.3 Å². The Labute approximate surface area is 174 Å². The number of fused-ring (bicyclic) bond motifs is 1. The number of rotatable bonds is 8. The maximum Gasteiger partial charge on any atom is 0.398 e. The second kappa shape index (κ2) is 8.44. The molecule has 0 saturated carbocycles. The van der Waals surface area contributed by atoms with Crippen molar-refractivity contribution in [1.82, 2.24) is 9.62 Å². The van der Waals surface area contributed by atoms with Crippen LogP contribution < -0.4 is 10.1 Å². The molecule has 0 bridgehead atoms. The van der Waals surface area contributed by atoms with Crippen LogP contribution in [0.3, 0.4) is 0 Å². The Morgan fingerprint density at radius 3 is 2.67 bits per heavy atom. The van der Waals surface area contributed by atoms with Gasteiger partial charge >= 0.3 is 5.25 Å². The van der Waals surface area contributed by atoms with E-state index in [-0.39, 0.29) is 12.5 Å². The number of benzene rings is 2. The topological polar surface area (TPSA) is 84.9 Å². The first-order chi connectivity index (χ1) is 14.1. The van der Waals surface area contributed by atoms with Crippen molar-refractivity contribution in [2.24, 2.45) is 0 Å². The molecule has 2 atom stereocenters. The Morgan fingerprint density at radius 1 is 1.30 bits per heavy atom. The summed E-state index contributed by atoms with van der Waals surface area (Å²) in [6.45, 7) is 3.39. The molecule has 1 fully saturated rings. The summed E-state index contributed by atoms with van der Waals surface area (Å²) in [5.41, 5.74) is 0.829. The number of amides is 1. The monoisotopic (exact) mass is 442 g/mol. The lowest BCUT2D eigenvalue weighted by molar-refractivity contribution is -0.168. The SMILES string of the molecule is CCC(=O)NCc1cc(OC[C@H](C)N2C(OC)C(F)(F)S2(=O)=O)cc2ccccc12. The summed E-state index contributed by atoms with van der Waals surface area (Å²) in [5.74, 6) is 0.355. The van der Waals surface area contributed by atoms with Crippen LogP contribution in [0, 0.1) is 0 Å². The van der Waals surface area contributed by atoms with Crippen LogP contribution in [0.2, 0.25) is 0 Å². The number of methoxy groups -OCH3 is 1. The summed E-state index contributed by atoms with van der Waals surface area (Å²) >= 11 is 0. The minimum Gasteiger partial charge on any atom is -0.492 e. The quantitative estimate of drug-likeness (QED) is 0.680. The van der Waals surface area contributed by atoms with Crippen molar-refractivity contribution in [3.63, 3.8) is 0 Å². The lowest BCUT2D eigenvalue weighted by atomic mass is 10.0. The molecule has 0 aliphatic carbocycles. The third kappa shape index (κ3) is 3.86. The molecule has 2 aromatic carbocycles. The number of hydrogen-bond donors (Lipinski definition) is 1. The minimum absolute atomic E-state index is 0.0893. The molecule has 0 spiro atoms. The normalized spacial score (nSPS) is 21.0. The predicted molar refractivity (Wildman–Crippen MR) is 108 cm³/mol. The highest BCUT2D eigenvalue weighted by atomic mass is 32.2. The van der Waals surface area contributed by atoms with Crippen molar-refractivity contribution in [2.75, 3.05) is 13.7 Å². The molecule has 1 amide bonds. The van der Waals surface area contributed by atoms with E-state index in [9.17, 15) is 22.0 Å². The summed E-state index contributed by atoms with van der Waals surface area (Å²) in [6, 6.07) is 10.2. The highest BCUT2D eigenvalue weighted by molar-refractivity contribution is 7.91. The van der Waals surface area contributed by atoms with Gasteiger partial charge < -0.3 is 14.8 Å². The molecule has 10 heteroatoms. The van der Waals surface area contributed by atoms with Crippen LogP contribution in [0.5, 0.6) is 5.75 Å². The van der Waals surface area contributed by atoms with Crippen molar-refractivity contribution in [3.8, 4) is 5.75 Å².